The van der Waals surface area contributed by atoms with Crippen molar-refractivity contribution >= 4 is 5.91 Å². The number of hydrogen-bond acceptors (Lipinski definition) is 5. The summed E-state index contributed by atoms with van der Waals surface area (Å²) in [6.45, 7) is 0.175. The van der Waals surface area contributed by atoms with Crippen molar-refractivity contribution < 1.29 is 14.4 Å². The molecule has 22 heavy (non-hydrogen) atoms. The summed E-state index contributed by atoms with van der Waals surface area (Å²) in [5, 5.41) is 16.8. The lowest BCUT2D eigenvalue weighted by atomic mass is 9.98. The van der Waals surface area contributed by atoms with Gasteiger partial charge >= 0.3 is 0 Å². The third kappa shape index (κ3) is 3.51. The molecule has 0 radical (unpaired) electrons. The van der Waals surface area contributed by atoms with Crippen molar-refractivity contribution in [2.24, 2.45) is 0 Å². The van der Waals surface area contributed by atoms with Gasteiger partial charge < -0.3 is 14.9 Å². The van der Waals surface area contributed by atoms with Crippen molar-refractivity contribution in [2.45, 2.75) is 44.2 Å². The van der Waals surface area contributed by atoms with Crippen LogP contribution in [0.25, 0.3) is 11.4 Å². The van der Waals surface area contributed by atoms with Crippen LogP contribution in [-0.4, -0.2) is 26.8 Å². The van der Waals surface area contributed by atoms with Gasteiger partial charge in [-0.15, -0.1) is 0 Å². The molecule has 1 aromatic heterocycles. The summed E-state index contributed by atoms with van der Waals surface area (Å²) in [5.41, 5.74) is 0.0257. The second-order valence-corrected chi connectivity index (χ2v) is 5.76. The van der Waals surface area contributed by atoms with Crippen LogP contribution in [0, 0.1) is 0 Å². The van der Waals surface area contributed by atoms with E-state index in [1.165, 1.54) is 0 Å². The summed E-state index contributed by atoms with van der Waals surface area (Å²) in [6.07, 6.45) is 3.48. The van der Waals surface area contributed by atoms with Crippen LogP contribution >= 0.6 is 0 Å². The van der Waals surface area contributed by atoms with E-state index in [0.717, 1.165) is 18.4 Å². The molecule has 0 bridgehead atoms. The van der Waals surface area contributed by atoms with Gasteiger partial charge in [-0.1, -0.05) is 48.3 Å². The summed E-state index contributed by atoms with van der Waals surface area (Å²) in [4.78, 5) is 16.1. The molecule has 1 fully saturated rings. The molecule has 0 saturated heterocycles. The zero-order valence-corrected chi connectivity index (χ0v) is 12.3. The van der Waals surface area contributed by atoms with E-state index in [4.69, 9.17) is 4.52 Å². The lowest BCUT2D eigenvalue weighted by molar-refractivity contribution is -0.126. The van der Waals surface area contributed by atoms with Crippen LogP contribution in [-0.2, 0) is 11.3 Å². The van der Waals surface area contributed by atoms with E-state index in [9.17, 15) is 9.90 Å². The molecule has 1 heterocycles. The Morgan fingerprint density at radius 3 is 2.73 bits per heavy atom. The number of benzene rings is 1. The normalized spacial score (nSPS) is 16.6. The molecule has 0 spiro atoms. The fourth-order valence-electron chi connectivity index (χ4n) is 2.78. The number of amides is 1. The van der Waals surface area contributed by atoms with Crippen molar-refractivity contribution in [3.8, 4) is 11.4 Å². The van der Waals surface area contributed by atoms with E-state index in [0.29, 0.717) is 24.6 Å². The minimum absolute atomic E-state index is 0.132. The maximum atomic E-state index is 11.9. The Kier molecular flexibility index (Phi) is 4.20. The molecule has 3 rings (SSSR count). The summed E-state index contributed by atoms with van der Waals surface area (Å²) >= 11 is 0. The SMILES string of the molecule is O=C(CC1(O)CCCC1)NCc1nc(-c2ccccc2)no1. The maximum Gasteiger partial charge on any atom is 0.246 e. The van der Waals surface area contributed by atoms with Crippen LogP contribution in [0.1, 0.15) is 38.0 Å². The minimum Gasteiger partial charge on any atom is -0.389 e. The molecule has 0 aliphatic heterocycles. The predicted octanol–water partition coefficient (Wildman–Crippen LogP) is 2.05. The maximum absolute atomic E-state index is 11.9. The van der Waals surface area contributed by atoms with Crippen LogP contribution in [0.5, 0.6) is 0 Å². The smallest absolute Gasteiger partial charge is 0.246 e. The second-order valence-electron chi connectivity index (χ2n) is 5.76. The van der Waals surface area contributed by atoms with E-state index >= 15 is 0 Å². The molecule has 6 nitrogen and oxygen atoms in total. The molecule has 0 unspecified atom stereocenters. The Morgan fingerprint density at radius 2 is 2.00 bits per heavy atom. The molecule has 1 aliphatic carbocycles. The van der Waals surface area contributed by atoms with Gasteiger partial charge in [0.2, 0.25) is 17.6 Å². The first-order valence-corrected chi connectivity index (χ1v) is 7.52. The average Bonchev–Trinajstić information content (AvgIpc) is 3.15. The van der Waals surface area contributed by atoms with Crippen LogP contribution in [0.15, 0.2) is 34.9 Å². The summed E-state index contributed by atoms with van der Waals surface area (Å²) in [5.74, 6) is 0.661. The zero-order valence-electron chi connectivity index (χ0n) is 12.3. The summed E-state index contributed by atoms with van der Waals surface area (Å²) < 4.78 is 5.13. The fraction of sp³-hybridized carbons (Fsp3) is 0.438. The van der Waals surface area contributed by atoms with Gasteiger partial charge in [0, 0.05) is 5.56 Å². The Balaban J connectivity index is 1.54. The lowest BCUT2D eigenvalue weighted by Crippen LogP contribution is -2.34. The third-order valence-electron chi connectivity index (χ3n) is 3.96. The van der Waals surface area contributed by atoms with Crippen LogP contribution < -0.4 is 5.32 Å². The largest absolute Gasteiger partial charge is 0.389 e. The van der Waals surface area contributed by atoms with Crippen molar-refractivity contribution in [1.29, 1.82) is 0 Å². The summed E-state index contributed by atoms with van der Waals surface area (Å²) in [6, 6.07) is 9.50. The van der Waals surface area contributed by atoms with Crippen LogP contribution in [0.2, 0.25) is 0 Å². The third-order valence-corrected chi connectivity index (χ3v) is 3.96. The van der Waals surface area contributed by atoms with Gasteiger partial charge in [0.1, 0.15) is 0 Å². The first-order chi connectivity index (χ1) is 10.6. The molecule has 116 valence electrons. The number of aromatic nitrogens is 2. The Bertz CT molecular complexity index is 633. The molecular weight excluding hydrogens is 282 g/mol. The molecule has 1 aliphatic rings. The lowest BCUT2D eigenvalue weighted by Gasteiger charge is -2.20. The highest BCUT2D eigenvalue weighted by Crippen LogP contribution is 2.32. The van der Waals surface area contributed by atoms with Gasteiger partial charge in [0.15, 0.2) is 0 Å². The van der Waals surface area contributed by atoms with E-state index < -0.39 is 5.60 Å². The van der Waals surface area contributed by atoms with Crippen LogP contribution in [0.3, 0.4) is 0 Å². The minimum atomic E-state index is -0.839. The predicted molar refractivity (Wildman–Crippen MR) is 79.6 cm³/mol. The quantitative estimate of drug-likeness (QED) is 0.882. The molecular formula is C16H19N3O3. The fourth-order valence-corrected chi connectivity index (χ4v) is 2.78. The number of carbonyl (C=O) groups excluding carboxylic acids is 1. The number of hydrogen-bond donors (Lipinski definition) is 2. The van der Waals surface area contributed by atoms with Gasteiger partial charge in [0.25, 0.3) is 0 Å². The molecule has 6 heteroatoms. The molecule has 2 aromatic rings. The van der Waals surface area contributed by atoms with E-state index in [1.807, 2.05) is 30.3 Å². The molecule has 0 atom stereocenters. The monoisotopic (exact) mass is 301 g/mol. The molecule has 2 N–H and O–H groups in total. The number of nitrogens with one attached hydrogen (secondary N) is 1. The van der Waals surface area contributed by atoms with Crippen molar-refractivity contribution in [3.05, 3.63) is 36.2 Å². The number of nitrogens with zero attached hydrogens (tertiary/aromatic N) is 2. The first-order valence-electron chi connectivity index (χ1n) is 7.52. The van der Waals surface area contributed by atoms with Crippen molar-refractivity contribution in [1.82, 2.24) is 15.5 Å². The number of rotatable bonds is 5. The number of carbonyl (C=O) groups is 1. The van der Waals surface area contributed by atoms with Gasteiger partial charge in [-0.25, -0.2) is 0 Å². The van der Waals surface area contributed by atoms with E-state index in [2.05, 4.69) is 15.5 Å². The van der Waals surface area contributed by atoms with Gasteiger partial charge in [-0.2, -0.15) is 4.98 Å². The highest BCUT2D eigenvalue weighted by molar-refractivity contribution is 5.77. The van der Waals surface area contributed by atoms with Crippen molar-refractivity contribution in [3.63, 3.8) is 0 Å². The average molecular weight is 301 g/mol. The summed E-state index contributed by atoms with van der Waals surface area (Å²) in [7, 11) is 0. The standard InChI is InChI=1S/C16H19N3O3/c20-13(10-16(21)8-4-5-9-16)17-11-14-18-15(19-22-14)12-6-2-1-3-7-12/h1-3,6-7,21H,4-5,8-11H2,(H,17,20). The second kappa shape index (κ2) is 6.27. The molecule has 1 aromatic carbocycles. The van der Waals surface area contributed by atoms with E-state index in [-0.39, 0.29) is 18.9 Å². The Hall–Kier alpha value is -2.21. The van der Waals surface area contributed by atoms with E-state index in [1.54, 1.807) is 0 Å². The number of aliphatic hydroxyl groups is 1. The molecule has 1 amide bonds. The highest BCUT2D eigenvalue weighted by atomic mass is 16.5. The first kappa shape index (κ1) is 14.7. The highest BCUT2D eigenvalue weighted by Gasteiger charge is 2.33. The Morgan fingerprint density at radius 1 is 1.27 bits per heavy atom. The topological polar surface area (TPSA) is 88.2 Å². The molecule has 1 saturated carbocycles. The van der Waals surface area contributed by atoms with Gasteiger partial charge in [0.05, 0.1) is 18.6 Å². The van der Waals surface area contributed by atoms with Gasteiger partial charge in [-0.05, 0) is 12.8 Å². The Labute approximate surface area is 128 Å². The van der Waals surface area contributed by atoms with Gasteiger partial charge in [-0.3, -0.25) is 4.79 Å². The zero-order chi connectivity index (χ0) is 15.4. The van der Waals surface area contributed by atoms with Crippen LogP contribution in [0.4, 0.5) is 0 Å². The van der Waals surface area contributed by atoms with Crippen molar-refractivity contribution in [2.75, 3.05) is 0 Å².